The zero-order chi connectivity index (χ0) is 19.2. The van der Waals surface area contributed by atoms with Gasteiger partial charge in [0.2, 0.25) is 6.10 Å². The number of nitrogens with zero attached hydrogens (tertiary/aromatic N) is 2. The van der Waals surface area contributed by atoms with Crippen molar-refractivity contribution < 1.29 is 19.4 Å². The van der Waals surface area contributed by atoms with E-state index >= 15 is 0 Å². The largest absolute Gasteiger partial charge is 0.507 e. The molecule has 7 nitrogen and oxygen atoms in total. The van der Waals surface area contributed by atoms with Crippen LogP contribution in [-0.2, 0) is 4.79 Å². The lowest BCUT2D eigenvalue weighted by Crippen LogP contribution is -2.42. The van der Waals surface area contributed by atoms with Crippen LogP contribution in [-0.4, -0.2) is 43.0 Å². The van der Waals surface area contributed by atoms with Gasteiger partial charge < -0.3 is 19.5 Å². The molecule has 0 radical (unpaired) electrons. The van der Waals surface area contributed by atoms with Gasteiger partial charge in [-0.1, -0.05) is 12.1 Å². The Labute approximate surface area is 158 Å². The second-order valence-corrected chi connectivity index (χ2v) is 6.01. The second kappa shape index (κ2) is 8.44. The number of nitrogens with one attached hydrogen (secondary N) is 1. The van der Waals surface area contributed by atoms with E-state index in [1.165, 1.54) is 6.21 Å². The molecule has 7 heteroatoms. The van der Waals surface area contributed by atoms with Gasteiger partial charge in [-0.05, 0) is 38.1 Å². The molecule has 1 aliphatic rings. The Morgan fingerprint density at radius 3 is 2.70 bits per heavy atom. The Morgan fingerprint density at radius 1 is 1.26 bits per heavy atom. The Bertz CT molecular complexity index is 834. The number of amides is 1. The SMILES string of the molecule is CCN(CC)c1ccc(/C=N/NC(=O)[C@H]2COc3ccccc3O2)c(O)c1. The van der Waals surface area contributed by atoms with E-state index in [0.29, 0.717) is 17.1 Å². The first-order chi connectivity index (χ1) is 13.1. The molecule has 3 rings (SSSR count). The lowest BCUT2D eigenvalue weighted by atomic mass is 10.2. The maximum atomic E-state index is 12.2. The molecule has 0 aliphatic carbocycles. The van der Waals surface area contributed by atoms with Gasteiger partial charge in [0.05, 0.1) is 6.21 Å². The molecule has 0 fully saturated rings. The van der Waals surface area contributed by atoms with Crippen molar-refractivity contribution in [2.75, 3.05) is 24.6 Å². The predicted octanol–water partition coefficient (Wildman–Crippen LogP) is 2.53. The third kappa shape index (κ3) is 4.31. The van der Waals surface area contributed by atoms with Gasteiger partial charge in [-0.25, -0.2) is 5.43 Å². The lowest BCUT2D eigenvalue weighted by Gasteiger charge is -2.24. The summed E-state index contributed by atoms with van der Waals surface area (Å²) in [6.45, 7) is 5.93. The number of phenolic OH excluding ortho intramolecular Hbond substituents is 1. The quantitative estimate of drug-likeness (QED) is 0.604. The summed E-state index contributed by atoms with van der Waals surface area (Å²) in [5, 5.41) is 14.1. The highest BCUT2D eigenvalue weighted by atomic mass is 16.6. The molecule has 142 valence electrons. The van der Waals surface area contributed by atoms with E-state index in [-0.39, 0.29) is 12.4 Å². The first kappa shape index (κ1) is 18.6. The van der Waals surface area contributed by atoms with Crippen molar-refractivity contribution in [2.45, 2.75) is 20.0 Å². The number of hydrogen-bond acceptors (Lipinski definition) is 6. The van der Waals surface area contributed by atoms with Crippen LogP contribution >= 0.6 is 0 Å². The molecule has 1 amide bonds. The number of anilines is 1. The van der Waals surface area contributed by atoms with Crippen molar-refractivity contribution in [3.8, 4) is 17.2 Å². The van der Waals surface area contributed by atoms with Crippen LogP contribution in [0, 0.1) is 0 Å². The van der Waals surface area contributed by atoms with Crippen LogP contribution in [0.25, 0.3) is 0 Å². The molecule has 0 bridgehead atoms. The van der Waals surface area contributed by atoms with E-state index in [1.54, 1.807) is 24.3 Å². The van der Waals surface area contributed by atoms with E-state index in [0.717, 1.165) is 18.8 Å². The van der Waals surface area contributed by atoms with E-state index in [1.807, 2.05) is 18.2 Å². The van der Waals surface area contributed by atoms with Crippen molar-refractivity contribution >= 4 is 17.8 Å². The van der Waals surface area contributed by atoms with Gasteiger partial charge in [0.1, 0.15) is 12.4 Å². The fourth-order valence-corrected chi connectivity index (χ4v) is 2.81. The van der Waals surface area contributed by atoms with E-state index in [9.17, 15) is 9.90 Å². The Balaban J connectivity index is 1.60. The average molecular weight is 369 g/mol. The molecular formula is C20H23N3O4. The Hall–Kier alpha value is -3.22. The van der Waals surface area contributed by atoms with Crippen molar-refractivity contribution in [3.05, 3.63) is 48.0 Å². The van der Waals surface area contributed by atoms with Gasteiger partial charge in [-0.3, -0.25) is 4.79 Å². The minimum Gasteiger partial charge on any atom is -0.507 e. The van der Waals surface area contributed by atoms with Crippen molar-refractivity contribution in [1.82, 2.24) is 5.43 Å². The summed E-state index contributed by atoms with van der Waals surface area (Å²) in [7, 11) is 0. The molecule has 2 N–H and O–H groups in total. The number of phenols is 1. The molecular weight excluding hydrogens is 346 g/mol. The summed E-state index contributed by atoms with van der Waals surface area (Å²) in [5.74, 6) is 0.823. The molecule has 2 aromatic rings. The van der Waals surface area contributed by atoms with Crippen molar-refractivity contribution in [2.24, 2.45) is 5.10 Å². The maximum absolute atomic E-state index is 12.2. The highest BCUT2D eigenvalue weighted by Crippen LogP contribution is 2.30. The van der Waals surface area contributed by atoms with Gasteiger partial charge in [-0.15, -0.1) is 0 Å². The van der Waals surface area contributed by atoms with Crippen LogP contribution in [0.3, 0.4) is 0 Å². The van der Waals surface area contributed by atoms with E-state index in [2.05, 4.69) is 29.3 Å². The fourth-order valence-electron chi connectivity index (χ4n) is 2.81. The summed E-state index contributed by atoms with van der Waals surface area (Å²) in [4.78, 5) is 14.3. The van der Waals surface area contributed by atoms with Crippen LogP contribution < -0.4 is 19.8 Å². The Kier molecular flexibility index (Phi) is 5.80. The molecule has 1 aliphatic heterocycles. The predicted molar refractivity (Wildman–Crippen MR) is 104 cm³/mol. The summed E-state index contributed by atoms with van der Waals surface area (Å²) in [5.41, 5.74) is 3.87. The highest BCUT2D eigenvalue weighted by molar-refractivity contribution is 5.87. The maximum Gasteiger partial charge on any atom is 0.284 e. The molecule has 0 spiro atoms. The van der Waals surface area contributed by atoms with Crippen LogP contribution in [0.15, 0.2) is 47.6 Å². The van der Waals surface area contributed by atoms with Crippen LogP contribution in [0.1, 0.15) is 19.4 Å². The number of carbonyl (C=O) groups is 1. The molecule has 0 unspecified atom stereocenters. The van der Waals surface area contributed by atoms with Gasteiger partial charge in [-0.2, -0.15) is 5.10 Å². The van der Waals surface area contributed by atoms with E-state index in [4.69, 9.17) is 9.47 Å². The standard InChI is InChI=1S/C20H23N3O4/c1-3-23(4-2)15-10-9-14(16(24)11-15)12-21-22-20(25)19-13-26-17-7-5-6-8-18(17)27-19/h5-12,19,24H,3-4,13H2,1-2H3,(H,22,25)/b21-12+/t19-/m1/s1. The Morgan fingerprint density at radius 2 is 2.00 bits per heavy atom. The zero-order valence-electron chi connectivity index (χ0n) is 15.4. The minimum atomic E-state index is -0.782. The summed E-state index contributed by atoms with van der Waals surface area (Å²) < 4.78 is 11.1. The van der Waals surface area contributed by atoms with Gasteiger partial charge in [0.15, 0.2) is 11.5 Å². The smallest absolute Gasteiger partial charge is 0.284 e. The third-order valence-corrected chi connectivity index (χ3v) is 4.32. The summed E-state index contributed by atoms with van der Waals surface area (Å²) in [6.07, 6.45) is 0.618. The zero-order valence-corrected chi connectivity index (χ0v) is 15.4. The molecule has 0 saturated carbocycles. The normalized spacial score (nSPS) is 15.6. The minimum absolute atomic E-state index is 0.101. The number of hydrazone groups is 1. The third-order valence-electron chi connectivity index (χ3n) is 4.32. The topological polar surface area (TPSA) is 83.4 Å². The first-order valence-electron chi connectivity index (χ1n) is 8.91. The highest BCUT2D eigenvalue weighted by Gasteiger charge is 2.27. The molecule has 0 saturated heterocycles. The molecule has 0 aromatic heterocycles. The monoisotopic (exact) mass is 369 g/mol. The average Bonchev–Trinajstić information content (AvgIpc) is 2.70. The van der Waals surface area contributed by atoms with Gasteiger partial charge in [0.25, 0.3) is 5.91 Å². The van der Waals surface area contributed by atoms with Crippen LogP contribution in [0.4, 0.5) is 5.69 Å². The molecule has 2 aromatic carbocycles. The summed E-state index contributed by atoms with van der Waals surface area (Å²) >= 11 is 0. The molecule has 1 atom stereocenters. The molecule has 1 heterocycles. The van der Waals surface area contributed by atoms with Crippen LogP contribution in [0.2, 0.25) is 0 Å². The number of hydrogen-bond donors (Lipinski definition) is 2. The van der Waals surface area contributed by atoms with Gasteiger partial charge in [0, 0.05) is 30.4 Å². The fraction of sp³-hybridized carbons (Fsp3) is 0.300. The molecule has 27 heavy (non-hydrogen) atoms. The number of carbonyl (C=O) groups excluding carboxylic acids is 1. The number of rotatable bonds is 6. The van der Waals surface area contributed by atoms with Crippen LogP contribution in [0.5, 0.6) is 17.2 Å². The van der Waals surface area contributed by atoms with E-state index < -0.39 is 12.0 Å². The number of fused-ring (bicyclic) bond motifs is 1. The second-order valence-electron chi connectivity index (χ2n) is 6.01. The van der Waals surface area contributed by atoms with Crippen molar-refractivity contribution in [1.29, 1.82) is 0 Å². The number of ether oxygens (including phenoxy) is 2. The number of benzene rings is 2. The number of para-hydroxylation sites is 2. The number of aromatic hydroxyl groups is 1. The summed E-state index contributed by atoms with van der Waals surface area (Å²) in [6, 6.07) is 12.5. The van der Waals surface area contributed by atoms with Gasteiger partial charge >= 0.3 is 0 Å². The van der Waals surface area contributed by atoms with Crippen molar-refractivity contribution in [3.63, 3.8) is 0 Å². The lowest BCUT2D eigenvalue weighted by molar-refractivity contribution is -0.130. The first-order valence-corrected chi connectivity index (χ1v) is 8.91.